The van der Waals surface area contributed by atoms with E-state index in [1.165, 1.54) is 0 Å². The molecule has 0 radical (unpaired) electrons. The Labute approximate surface area is 82.8 Å². The number of amides is 1. The van der Waals surface area contributed by atoms with Crippen LogP contribution in [0.1, 0.15) is 11.6 Å². The third-order valence-corrected chi connectivity index (χ3v) is 2.09. The summed E-state index contributed by atoms with van der Waals surface area (Å²) in [5, 5.41) is 2.27. The number of cyclic esters (lactones) is 1. The third-order valence-electron chi connectivity index (χ3n) is 2.09. The van der Waals surface area contributed by atoms with Gasteiger partial charge in [-0.1, -0.05) is 0 Å². The molecule has 0 saturated carbocycles. The third kappa shape index (κ3) is 1.74. The summed E-state index contributed by atoms with van der Waals surface area (Å²) in [6.45, 7) is -0.0964. The van der Waals surface area contributed by atoms with Gasteiger partial charge >= 0.3 is 6.09 Å². The highest BCUT2D eigenvalue weighted by Gasteiger charge is 2.27. The van der Waals surface area contributed by atoms with Gasteiger partial charge in [-0.05, 0) is 6.07 Å². The first-order valence-corrected chi connectivity index (χ1v) is 4.15. The first kappa shape index (κ1) is 9.82. The van der Waals surface area contributed by atoms with Crippen molar-refractivity contribution in [1.29, 1.82) is 0 Å². The summed E-state index contributed by atoms with van der Waals surface area (Å²) in [4.78, 5) is 10.7. The van der Waals surface area contributed by atoms with Crippen molar-refractivity contribution in [3.63, 3.8) is 0 Å². The Kier molecular flexibility index (Phi) is 2.26. The largest absolute Gasteiger partial charge is 0.447 e. The summed E-state index contributed by atoms with van der Waals surface area (Å²) in [5.41, 5.74) is -0.125. The molecule has 1 fully saturated rings. The molecule has 1 aromatic rings. The van der Waals surface area contributed by atoms with Crippen molar-refractivity contribution in [3.05, 3.63) is 35.1 Å². The topological polar surface area (TPSA) is 38.3 Å². The number of carbonyl (C=O) groups is 1. The van der Waals surface area contributed by atoms with Gasteiger partial charge in [-0.2, -0.15) is 0 Å². The van der Waals surface area contributed by atoms with Crippen LogP contribution in [0.5, 0.6) is 0 Å². The second kappa shape index (κ2) is 3.45. The minimum absolute atomic E-state index is 0.0964. The van der Waals surface area contributed by atoms with Crippen LogP contribution in [-0.4, -0.2) is 12.7 Å². The minimum atomic E-state index is -1.26. The number of carbonyl (C=O) groups excluding carboxylic acids is 1. The average Bonchev–Trinajstić information content (AvgIpc) is 2.58. The van der Waals surface area contributed by atoms with E-state index < -0.39 is 29.6 Å². The van der Waals surface area contributed by atoms with E-state index in [9.17, 15) is 18.0 Å². The molecule has 3 nitrogen and oxygen atoms in total. The summed E-state index contributed by atoms with van der Waals surface area (Å²) in [6, 6.07) is 0.381. The maximum atomic E-state index is 13.2. The fourth-order valence-electron chi connectivity index (χ4n) is 1.36. The van der Waals surface area contributed by atoms with Crippen LogP contribution in [0.2, 0.25) is 0 Å². The fourth-order valence-corrected chi connectivity index (χ4v) is 1.36. The molecule has 1 amide bonds. The molecule has 0 aromatic heterocycles. The molecule has 80 valence electrons. The van der Waals surface area contributed by atoms with Gasteiger partial charge in [0.15, 0.2) is 11.6 Å². The number of ether oxygens (including phenoxy) is 1. The highest BCUT2D eigenvalue weighted by atomic mass is 19.2. The molecule has 0 unspecified atom stereocenters. The molecule has 1 heterocycles. The lowest BCUT2D eigenvalue weighted by atomic mass is 10.1. The maximum absolute atomic E-state index is 13.2. The Balaban J connectivity index is 2.36. The average molecular weight is 217 g/mol. The number of nitrogens with one attached hydrogen (secondary N) is 1. The van der Waals surface area contributed by atoms with E-state index in [4.69, 9.17) is 0 Å². The monoisotopic (exact) mass is 217 g/mol. The van der Waals surface area contributed by atoms with Crippen molar-refractivity contribution in [2.45, 2.75) is 6.04 Å². The first-order valence-electron chi connectivity index (χ1n) is 4.15. The molecule has 2 rings (SSSR count). The molecule has 1 aliphatic heterocycles. The summed E-state index contributed by atoms with van der Waals surface area (Å²) < 4.78 is 43.1. The smallest absolute Gasteiger partial charge is 0.407 e. The van der Waals surface area contributed by atoms with E-state index in [0.717, 1.165) is 0 Å². The van der Waals surface area contributed by atoms with E-state index in [2.05, 4.69) is 10.1 Å². The molecule has 1 aliphatic rings. The number of halogens is 3. The molecule has 0 bridgehead atoms. The fraction of sp³-hybridized carbons (Fsp3) is 0.222. The minimum Gasteiger partial charge on any atom is -0.447 e. The quantitative estimate of drug-likeness (QED) is 0.729. The van der Waals surface area contributed by atoms with Crippen molar-refractivity contribution < 1.29 is 22.7 Å². The van der Waals surface area contributed by atoms with Crippen LogP contribution >= 0.6 is 0 Å². The van der Waals surface area contributed by atoms with Gasteiger partial charge in [-0.3, -0.25) is 0 Å². The Bertz CT molecular complexity index is 422. The van der Waals surface area contributed by atoms with Crippen molar-refractivity contribution in [2.75, 3.05) is 6.61 Å². The lowest BCUT2D eigenvalue weighted by Gasteiger charge is -2.09. The standard InChI is InChI=1S/C9H6F3NO2/c10-5-2-7(12)6(11)1-4(5)8-3-15-9(14)13-8/h1-2,8H,3H2,(H,13,14)/t8-/m1/s1. The van der Waals surface area contributed by atoms with E-state index >= 15 is 0 Å². The zero-order chi connectivity index (χ0) is 11.0. The highest BCUT2D eigenvalue weighted by Crippen LogP contribution is 2.23. The summed E-state index contributed by atoms with van der Waals surface area (Å²) in [5.74, 6) is -3.33. The number of benzene rings is 1. The molecule has 0 aliphatic carbocycles. The number of hydrogen-bond donors (Lipinski definition) is 1. The van der Waals surface area contributed by atoms with Gasteiger partial charge in [0.2, 0.25) is 0 Å². The van der Waals surface area contributed by atoms with Crippen LogP contribution in [0.3, 0.4) is 0 Å². The molecule has 1 atom stereocenters. The lowest BCUT2D eigenvalue weighted by molar-refractivity contribution is 0.176. The van der Waals surface area contributed by atoms with Crippen LogP contribution in [0.25, 0.3) is 0 Å². The van der Waals surface area contributed by atoms with Gasteiger partial charge in [-0.15, -0.1) is 0 Å². The normalized spacial score (nSPS) is 19.9. The van der Waals surface area contributed by atoms with Crippen LogP contribution in [0, 0.1) is 17.5 Å². The molecule has 1 saturated heterocycles. The zero-order valence-electron chi connectivity index (χ0n) is 7.39. The van der Waals surface area contributed by atoms with Crippen molar-refractivity contribution in [3.8, 4) is 0 Å². The number of rotatable bonds is 1. The van der Waals surface area contributed by atoms with Crippen molar-refractivity contribution in [1.82, 2.24) is 5.32 Å². The van der Waals surface area contributed by atoms with Crippen LogP contribution < -0.4 is 5.32 Å². The highest BCUT2D eigenvalue weighted by molar-refractivity contribution is 5.70. The molecule has 15 heavy (non-hydrogen) atoms. The Morgan fingerprint density at radius 3 is 2.47 bits per heavy atom. The predicted molar refractivity (Wildman–Crippen MR) is 43.5 cm³/mol. The SMILES string of the molecule is O=C1N[C@@H](c2cc(F)c(F)cc2F)CO1. The maximum Gasteiger partial charge on any atom is 0.407 e. The molecule has 6 heteroatoms. The van der Waals surface area contributed by atoms with Crippen molar-refractivity contribution >= 4 is 6.09 Å². The van der Waals surface area contributed by atoms with Gasteiger partial charge in [0.1, 0.15) is 12.4 Å². The molecular weight excluding hydrogens is 211 g/mol. The van der Waals surface area contributed by atoms with E-state index in [1.54, 1.807) is 0 Å². The Hall–Kier alpha value is -1.72. The zero-order valence-corrected chi connectivity index (χ0v) is 7.39. The molecular formula is C9H6F3NO2. The lowest BCUT2D eigenvalue weighted by Crippen LogP contribution is -2.19. The predicted octanol–water partition coefficient (Wildman–Crippen LogP) is 1.88. The molecule has 1 aromatic carbocycles. The van der Waals surface area contributed by atoms with E-state index in [0.29, 0.717) is 12.1 Å². The summed E-state index contributed by atoms with van der Waals surface area (Å²) >= 11 is 0. The first-order chi connectivity index (χ1) is 7.08. The van der Waals surface area contributed by atoms with Crippen molar-refractivity contribution in [2.24, 2.45) is 0 Å². The Morgan fingerprint density at radius 1 is 1.20 bits per heavy atom. The molecule has 1 N–H and O–H groups in total. The van der Waals surface area contributed by atoms with E-state index in [1.807, 2.05) is 0 Å². The number of hydrogen-bond acceptors (Lipinski definition) is 2. The Morgan fingerprint density at radius 2 is 1.87 bits per heavy atom. The van der Waals surface area contributed by atoms with Gasteiger partial charge < -0.3 is 10.1 Å². The van der Waals surface area contributed by atoms with Crippen LogP contribution in [0.4, 0.5) is 18.0 Å². The summed E-state index contributed by atoms with van der Waals surface area (Å²) in [6.07, 6.45) is -0.705. The van der Waals surface area contributed by atoms with E-state index in [-0.39, 0.29) is 12.2 Å². The van der Waals surface area contributed by atoms with Crippen LogP contribution in [-0.2, 0) is 4.74 Å². The van der Waals surface area contributed by atoms with Gasteiger partial charge in [0.25, 0.3) is 0 Å². The number of alkyl carbamates (subject to hydrolysis) is 1. The summed E-state index contributed by atoms with van der Waals surface area (Å²) in [7, 11) is 0. The van der Waals surface area contributed by atoms with Gasteiger partial charge in [0, 0.05) is 11.6 Å². The molecule has 0 spiro atoms. The second-order valence-corrected chi connectivity index (χ2v) is 3.08. The van der Waals surface area contributed by atoms with Gasteiger partial charge in [0.05, 0.1) is 6.04 Å². The van der Waals surface area contributed by atoms with Gasteiger partial charge in [-0.25, -0.2) is 18.0 Å². The second-order valence-electron chi connectivity index (χ2n) is 3.08. The van der Waals surface area contributed by atoms with Crippen LogP contribution in [0.15, 0.2) is 12.1 Å².